The van der Waals surface area contributed by atoms with Crippen LogP contribution in [0.3, 0.4) is 0 Å². The van der Waals surface area contributed by atoms with E-state index in [2.05, 4.69) is 45.8 Å². The van der Waals surface area contributed by atoms with Gasteiger partial charge in [0.15, 0.2) is 0 Å². The largest absolute Gasteiger partial charge is 0.481 e. The molecule has 2 rings (SSSR count). The third kappa shape index (κ3) is 5.82. The van der Waals surface area contributed by atoms with Crippen LogP contribution in [-0.2, 0) is 16.3 Å². The van der Waals surface area contributed by atoms with Gasteiger partial charge in [0.25, 0.3) is 0 Å². The Morgan fingerprint density at radius 1 is 1.38 bits per heavy atom. The summed E-state index contributed by atoms with van der Waals surface area (Å²) in [5, 5.41) is 17.6. The van der Waals surface area contributed by atoms with Crippen LogP contribution < -0.4 is 0 Å². The highest BCUT2D eigenvalue weighted by Gasteiger charge is 2.42. The second kappa shape index (κ2) is 8.43. The molecule has 0 saturated heterocycles. The summed E-state index contributed by atoms with van der Waals surface area (Å²) in [6.45, 7) is 7.45. The van der Waals surface area contributed by atoms with Gasteiger partial charge in [-0.25, -0.2) is 8.78 Å². The molecule has 1 aliphatic rings. The van der Waals surface area contributed by atoms with Gasteiger partial charge in [0, 0.05) is 27.5 Å². The van der Waals surface area contributed by atoms with Crippen LogP contribution in [0.15, 0.2) is 4.73 Å². The number of hydrogen-bond donors (Lipinski definition) is 1. The average molecular weight is 454 g/mol. The van der Waals surface area contributed by atoms with Crippen molar-refractivity contribution in [2.75, 3.05) is 6.61 Å². The van der Waals surface area contributed by atoms with Gasteiger partial charge < -0.3 is 9.84 Å². The van der Waals surface area contributed by atoms with Gasteiger partial charge in [-0.3, -0.25) is 9.36 Å². The number of carboxylic acids is 1. The fraction of sp³-hybridized carbons (Fsp3) is 0.812. The quantitative estimate of drug-likeness (QED) is 0.467. The van der Waals surface area contributed by atoms with Gasteiger partial charge in [0.2, 0.25) is 10.7 Å². The Hall–Kier alpha value is -0.873. The summed E-state index contributed by atoms with van der Waals surface area (Å²) in [6, 6.07) is 0.988. The van der Waals surface area contributed by atoms with Crippen LogP contribution in [0, 0.1) is 5.92 Å². The number of carboxylic acid groups (broad SMARTS) is 1. The number of aromatic nitrogens is 3. The SMILES string of the molecule is C[Si](C)(C)CCOCn1c(Br)nnc1C(C(=O)O)C1CCC(F)(F)CC1. The highest BCUT2D eigenvalue weighted by atomic mass is 79.9. The highest BCUT2D eigenvalue weighted by Crippen LogP contribution is 2.42. The zero-order chi connectivity index (χ0) is 19.5. The number of aliphatic carboxylic acids is 1. The number of ether oxygens (including phenoxy) is 1. The molecular weight excluding hydrogens is 428 g/mol. The zero-order valence-electron chi connectivity index (χ0n) is 15.3. The smallest absolute Gasteiger partial charge is 0.314 e. The van der Waals surface area contributed by atoms with Crippen molar-refractivity contribution in [3.8, 4) is 0 Å². The van der Waals surface area contributed by atoms with Crippen LogP contribution in [0.25, 0.3) is 0 Å². The molecule has 0 amide bonds. The minimum atomic E-state index is -2.70. The van der Waals surface area contributed by atoms with Gasteiger partial charge in [-0.1, -0.05) is 19.6 Å². The third-order valence-electron chi connectivity index (χ3n) is 4.73. The summed E-state index contributed by atoms with van der Waals surface area (Å²) in [4.78, 5) is 11.9. The molecule has 1 aromatic heterocycles. The van der Waals surface area contributed by atoms with Crippen molar-refractivity contribution in [3.63, 3.8) is 0 Å². The number of hydrogen-bond acceptors (Lipinski definition) is 4. The molecule has 1 atom stereocenters. The molecule has 1 unspecified atom stereocenters. The summed E-state index contributed by atoms with van der Waals surface area (Å²) in [5.41, 5.74) is 0. The van der Waals surface area contributed by atoms with E-state index in [1.165, 1.54) is 0 Å². The molecule has 10 heteroatoms. The van der Waals surface area contributed by atoms with Crippen molar-refractivity contribution in [1.29, 1.82) is 0 Å². The Balaban J connectivity index is 2.11. The van der Waals surface area contributed by atoms with E-state index >= 15 is 0 Å². The molecule has 1 heterocycles. The number of carbonyl (C=O) groups is 1. The Morgan fingerprint density at radius 3 is 2.54 bits per heavy atom. The van der Waals surface area contributed by atoms with Gasteiger partial charge in [-0.2, -0.15) is 0 Å². The van der Waals surface area contributed by atoms with Crippen molar-refractivity contribution >= 4 is 30.0 Å². The summed E-state index contributed by atoms with van der Waals surface area (Å²) in [6.07, 6.45) is -0.261. The van der Waals surface area contributed by atoms with Crippen molar-refractivity contribution in [2.24, 2.45) is 5.92 Å². The molecule has 6 nitrogen and oxygen atoms in total. The van der Waals surface area contributed by atoms with E-state index in [1.807, 2.05) is 0 Å². The predicted molar refractivity (Wildman–Crippen MR) is 99.1 cm³/mol. The zero-order valence-corrected chi connectivity index (χ0v) is 17.9. The normalized spacial score (nSPS) is 19.5. The van der Waals surface area contributed by atoms with E-state index in [1.54, 1.807) is 4.57 Å². The lowest BCUT2D eigenvalue weighted by atomic mass is 9.78. The lowest BCUT2D eigenvalue weighted by Gasteiger charge is -2.31. The minimum absolute atomic E-state index is 0.139. The molecule has 1 N–H and O–H groups in total. The first kappa shape index (κ1) is 21.4. The maximum atomic E-state index is 13.4. The molecule has 1 saturated carbocycles. The fourth-order valence-corrected chi connectivity index (χ4v) is 4.22. The average Bonchev–Trinajstić information content (AvgIpc) is 2.85. The topological polar surface area (TPSA) is 77.2 Å². The van der Waals surface area contributed by atoms with Gasteiger partial charge in [-0.05, 0) is 40.7 Å². The maximum Gasteiger partial charge on any atom is 0.314 e. The molecule has 0 bridgehead atoms. The van der Waals surface area contributed by atoms with Crippen LogP contribution in [-0.4, -0.2) is 46.4 Å². The number of alkyl halides is 2. The fourth-order valence-electron chi connectivity index (χ4n) is 3.10. The van der Waals surface area contributed by atoms with E-state index in [0.717, 1.165) is 6.04 Å². The third-order valence-corrected chi connectivity index (χ3v) is 7.02. The van der Waals surface area contributed by atoms with Gasteiger partial charge in [0.05, 0.1) is 0 Å². The first-order chi connectivity index (χ1) is 12.0. The molecule has 26 heavy (non-hydrogen) atoms. The Morgan fingerprint density at radius 2 is 2.00 bits per heavy atom. The Labute approximate surface area is 161 Å². The molecule has 148 valence electrons. The van der Waals surface area contributed by atoms with Crippen molar-refractivity contribution in [3.05, 3.63) is 10.6 Å². The summed E-state index contributed by atoms with van der Waals surface area (Å²) < 4.78 is 34.5. The summed E-state index contributed by atoms with van der Waals surface area (Å²) in [5.74, 6) is -4.86. The first-order valence-electron chi connectivity index (χ1n) is 8.77. The summed E-state index contributed by atoms with van der Waals surface area (Å²) in [7, 11) is -1.23. The second-order valence-corrected chi connectivity index (χ2v) is 14.4. The van der Waals surface area contributed by atoms with Crippen molar-refractivity contribution < 1.29 is 23.4 Å². The number of halogens is 3. The van der Waals surface area contributed by atoms with Crippen LogP contribution in [0.5, 0.6) is 0 Å². The van der Waals surface area contributed by atoms with Crippen LogP contribution in [0.4, 0.5) is 8.78 Å². The lowest BCUT2D eigenvalue weighted by Crippen LogP contribution is -2.32. The van der Waals surface area contributed by atoms with E-state index in [0.29, 0.717) is 11.3 Å². The molecule has 0 aliphatic heterocycles. The standard InChI is InChI=1S/C16H26BrF2N3O3Si/c1-26(2,3)9-8-25-10-22-13(20-21-15(22)17)12(14(23)24)11-4-6-16(18,19)7-5-11/h11-12H,4-10H2,1-3H3,(H,23,24). The van der Waals surface area contributed by atoms with Crippen LogP contribution >= 0.6 is 15.9 Å². The number of nitrogens with zero attached hydrogens (tertiary/aromatic N) is 3. The highest BCUT2D eigenvalue weighted by molar-refractivity contribution is 9.10. The van der Waals surface area contributed by atoms with Crippen LogP contribution in [0.2, 0.25) is 25.7 Å². The van der Waals surface area contributed by atoms with Crippen LogP contribution in [0.1, 0.15) is 37.4 Å². The molecule has 1 fully saturated rings. The van der Waals surface area contributed by atoms with E-state index in [-0.39, 0.29) is 44.2 Å². The minimum Gasteiger partial charge on any atom is -0.481 e. The molecular formula is C16H26BrF2N3O3Si. The second-order valence-electron chi connectivity index (χ2n) is 8.11. The van der Waals surface area contributed by atoms with E-state index in [4.69, 9.17) is 4.74 Å². The van der Waals surface area contributed by atoms with Crippen molar-refractivity contribution in [2.45, 2.75) is 69.9 Å². The monoisotopic (exact) mass is 453 g/mol. The van der Waals surface area contributed by atoms with E-state index < -0.39 is 25.9 Å². The lowest BCUT2D eigenvalue weighted by molar-refractivity contribution is -0.142. The molecule has 0 aromatic carbocycles. The maximum absolute atomic E-state index is 13.4. The summed E-state index contributed by atoms with van der Waals surface area (Å²) >= 11 is 3.27. The van der Waals surface area contributed by atoms with Gasteiger partial charge >= 0.3 is 5.97 Å². The Bertz CT molecular complexity index is 627. The molecule has 1 aliphatic carbocycles. The Kier molecular flexibility index (Phi) is 6.95. The van der Waals surface area contributed by atoms with Gasteiger partial charge in [0.1, 0.15) is 18.5 Å². The molecule has 1 aromatic rings. The van der Waals surface area contributed by atoms with E-state index in [9.17, 15) is 18.7 Å². The molecule has 0 radical (unpaired) electrons. The first-order valence-corrected chi connectivity index (χ1v) is 13.3. The van der Waals surface area contributed by atoms with Gasteiger partial charge in [-0.15, -0.1) is 10.2 Å². The predicted octanol–water partition coefficient (Wildman–Crippen LogP) is 4.35. The number of rotatable bonds is 8. The van der Waals surface area contributed by atoms with Crippen molar-refractivity contribution in [1.82, 2.24) is 14.8 Å². The molecule has 0 spiro atoms.